The van der Waals surface area contributed by atoms with Gasteiger partial charge in [-0.05, 0) is 44.9 Å². The molecule has 0 radical (unpaired) electrons. The summed E-state index contributed by atoms with van der Waals surface area (Å²) in [5, 5.41) is 4.69. The average molecular weight is 419 g/mol. The third kappa shape index (κ3) is 5.67. The van der Waals surface area contributed by atoms with Crippen LogP contribution in [0.4, 0.5) is 4.79 Å². The first kappa shape index (κ1) is 22.0. The maximum absolute atomic E-state index is 12.3. The Balaban J connectivity index is 1.33. The number of esters is 1. The topological polar surface area (TPSA) is 122 Å². The van der Waals surface area contributed by atoms with Crippen LogP contribution in [0.3, 0.4) is 0 Å². The molecule has 9 heteroatoms. The van der Waals surface area contributed by atoms with Crippen molar-refractivity contribution in [2.45, 2.75) is 57.8 Å². The number of carbonyl (C=O) groups is 5. The highest BCUT2D eigenvalue weighted by Crippen LogP contribution is 2.37. The summed E-state index contributed by atoms with van der Waals surface area (Å²) in [6.45, 7) is -0.730. The van der Waals surface area contributed by atoms with Crippen molar-refractivity contribution in [2.75, 3.05) is 19.7 Å². The quantitative estimate of drug-likeness (QED) is 0.366. The van der Waals surface area contributed by atoms with Crippen molar-refractivity contribution in [3.8, 4) is 0 Å². The van der Waals surface area contributed by atoms with Crippen LogP contribution in [-0.2, 0) is 23.9 Å². The molecule has 1 saturated heterocycles. The van der Waals surface area contributed by atoms with E-state index in [9.17, 15) is 24.0 Å². The summed E-state index contributed by atoms with van der Waals surface area (Å²) in [6.07, 6.45) is 10.5. The van der Waals surface area contributed by atoms with E-state index in [0.29, 0.717) is 19.4 Å². The lowest BCUT2D eigenvalue weighted by Crippen LogP contribution is -2.42. The molecule has 3 rings (SSSR count). The van der Waals surface area contributed by atoms with Crippen LogP contribution in [0.1, 0.15) is 57.8 Å². The van der Waals surface area contributed by atoms with E-state index >= 15 is 0 Å². The van der Waals surface area contributed by atoms with Crippen molar-refractivity contribution in [3.63, 3.8) is 0 Å². The highest BCUT2D eigenvalue weighted by atomic mass is 16.5. The lowest BCUT2D eigenvalue weighted by atomic mass is 9.81. The van der Waals surface area contributed by atoms with Crippen molar-refractivity contribution in [3.05, 3.63) is 11.6 Å². The molecule has 0 unspecified atom stereocenters. The molecule has 9 nitrogen and oxygen atoms in total. The van der Waals surface area contributed by atoms with Crippen molar-refractivity contribution < 1.29 is 28.7 Å². The average Bonchev–Trinajstić information content (AvgIpc) is 2.98. The predicted molar refractivity (Wildman–Crippen MR) is 106 cm³/mol. The first-order valence-corrected chi connectivity index (χ1v) is 10.7. The second kappa shape index (κ2) is 10.4. The van der Waals surface area contributed by atoms with Gasteiger partial charge in [0.25, 0.3) is 5.91 Å². The van der Waals surface area contributed by atoms with E-state index < -0.39 is 31.1 Å². The largest absolute Gasteiger partial charge is 0.454 e. The molecule has 1 saturated carbocycles. The van der Waals surface area contributed by atoms with Gasteiger partial charge in [-0.15, -0.1) is 0 Å². The fourth-order valence-corrected chi connectivity index (χ4v) is 4.38. The summed E-state index contributed by atoms with van der Waals surface area (Å²) >= 11 is 0. The lowest BCUT2D eigenvalue weighted by molar-refractivity contribution is -0.154. The molecule has 30 heavy (non-hydrogen) atoms. The number of likely N-dealkylation sites (tertiary alicyclic amines) is 1. The number of allylic oxidation sites excluding steroid dienone is 1. The van der Waals surface area contributed by atoms with Gasteiger partial charge in [0.1, 0.15) is 6.54 Å². The van der Waals surface area contributed by atoms with E-state index in [1.165, 1.54) is 12.0 Å². The van der Waals surface area contributed by atoms with Crippen LogP contribution in [-0.4, -0.2) is 54.3 Å². The van der Waals surface area contributed by atoms with Crippen molar-refractivity contribution in [1.29, 1.82) is 0 Å². The summed E-state index contributed by atoms with van der Waals surface area (Å²) in [6, 6.07) is -0.651. The zero-order chi connectivity index (χ0) is 21.5. The van der Waals surface area contributed by atoms with Gasteiger partial charge in [0.15, 0.2) is 6.61 Å². The van der Waals surface area contributed by atoms with Gasteiger partial charge in [0, 0.05) is 6.54 Å². The van der Waals surface area contributed by atoms with Gasteiger partial charge in [0.2, 0.25) is 11.8 Å². The monoisotopic (exact) mass is 419 g/mol. The molecule has 5 amide bonds. The lowest BCUT2D eigenvalue weighted by Gasteiger charge is -2.19. The number of hydrogen-bond acceptors (Lipinski definition) is 6. The van der Waals surface area contributed by atoms with Crippen molar-refractivity contribution in [2.24, 2.45) is 11.8 Å². The summed E-state index contributed by atoms with van der Waals surface area (Å²) in [5.41, 5.74) is 1.31. The van der Waals surface area contributed by atoms with Gasteiger partial charge in [-0.2, -0.15) is 0 Å². The van der Waals surface area contributed by atoms with E-state index in [-0.39, 0.29) is 23.7 Å². The highest BCUT2D eigenvalue weighted by Gasteiger charge is 2.48. The van der Waals surface area contributed by atoms with Gasteiger partial charge in [-0.1, -0.05) is 24.5 Å². The molecule has 0 aromatic rings. The van der Waals surface area contributed by atoms with Crippen LogP contribution < -0.4 is 10.6 Å². The number of fused-ring (bicyclic) bond motifs is 1. The Bertz CT molecular complexity index is 723. The Labute approximate surface area is 175 Å². The van der Waals surface area contributed by atoms with E-state index in [1.807, 2.05) is 0 Å². The van der Waals surface area contributed by atoms with Crippen LogP contribution in [0.2, 0.25) is 0 Å². The number of ether oxygens (including phenoxy) is 1. The summed E-state index contributed by atoms with van der Waals surface area (Å²) in [7, 11) is 0. The van der Waals surface area contributed by atoms with Crippen molar-refractivity contribution in [1.82, 2.24) is 15.5 Å². The second-order valence-electron chi connectivity index (χ2n) is 8.08. The van der Waals surface area contributed by atoms with Crippen molar-refractivity contribution >= 4 is 29.7 Å². The molecule has 1 aliphatic heterocycles. The van der Waals surface area contributed by atoms with Crippen LogP contribution in [0.25, 0.3) is 0 Å². The summed E-state index contributed by atoms with van der Waals surface area (Å²) < 4.78 is 4.83. The molecule has 2 aliphatic carbocycles. The van der Waals surface area contributed by atoms with Gasteiger partial charge in [-0.3, -0.25) is 29.4 Å². The zero-order valence-corrected chi connectivity index (χ0v) is 17.1. The minimum atomic E-state index is -0.852. The van der Waals surface area contributed by atoms with Gasteiger partial charge in [0.05, 0.1) is 11.8 Å². The minimum absolute atomic E-state index is 0.335. The molecular weight excluding hydrogens is 390 g/mol. The molecule has 0 aromatic heterocycles. The van der Waals surface area contributed by atoms with Gasteiger partial charge in [-0.25, -0.2) is 4.79 Å². The Kier molecular flexibility index (Phi) is 7.59. The van der Waals surface area contributed by atoms with E-state index in [1.54, 1.807) is 0 Å². The number of urea groups is 1. The number of amides is 5. The SMILES string of the molecule is O=C(COC(=O)CN1C(=O)[C@@H]2CCCC[C@H]2C1=O)NC(=O)NCCC1=CCCCC1. The van der Waals surface area contributed by atoms with Crippen LogP contribution >= 0.6 is 0 Å². The first-order chi connectivity index (χ1) is 14.5. The van der Waals surface area contributed by atoms with Crippen LogP contribution in [0.15, 0.2) is 11.6 Å². The zero-order valence-electron chi connectivity index (χ0n) is 17.1. The Morgan fingerprint density at radius 3 is 2.37 bits per heavy atom. The minimum Gasteiger partial charge on any atom is -0.454 e. The van der Waals surface area contributed by atoms with Crippen LogP contribution in [0, 0.1) is 11.8 Å². The molecule has 2 N–H and O–H groups in total. The molecular formula is C21H29N3O6. The molecule has 1 heterocycles. The number of rotatable bonds is 7. The first-order valence-electron chi connectivity index (χ1n) is 10.7. The van der Waals surface area contributed by atoms with E-state index in [2.05, 4.69) is 16.7 Å². The predicted octanol–water partition coefficient (Wildman–Crippen LogP) is 1.42. The molecule has 0 aromatic carbocycles. The maximum atomic E-state index is 12.3. The fourth-order valence-electron chi connectivity index (χ4n) is 4.38. The standard InChI is InChI=1S/C21H29N3O6/c25-17(23-21(29)22-11-10-14-6-2-1-3-7-14)13-30-18(26)12-24-19(27)15-8-4-5-9-16(15)20(24)28/h6,15-16H,1-5,7-13H2,(H2,22,23,25,29)/t15-,16-/m1/s1. The van der Waals surface area contributed by atoms with Crippen LogP contribution in [0.5, 0.6) is 0 Å². The Hall–Kier alpha value is -2.71. The fraction of sp³-hybridized carbons (Fsp3) is 0.667. The second-order valence-corrected chi connectivity index (χ2v) is 8.08. The number of carbonyl (C=O) groups excluding carboxylic acids is 5. The van der Waals surface area contributed by atoms with E-state index in [4.69, 9.17) is 4.74 Å². The molecule has 3 aliphatic rings. The number of nitrogens with zero attached hydrogens (tertiary/aromatic N) is 1. The number of imide groups is 2. The molecule has 164 valence electrons. The summed E-state index contributed by atoms with van der Waals surface area (Å²) in [4.78, 5) is 61.1. The highest BCUT2D eigenvalue weighted by molar-refractivity contribution is 6.07. The Morgan fingerprint density at radius 1 is 1.03 bits per heavy atom. The summed E-state index contributed by atoms with van der Waals surface area (Å²) in [5.74, 6) is -2.97. The number of hydrogen-bond donors (Lipinski definition) is 2. The van der Waals surface area contributed by atoms with Gasteiger partial charge < -0.3 is 10.1 Å². The maximum Gasteiger partial charge on any atom is 0.326 e. The number of nitrogens with one attached hydrogen (secondary N) is 2. The molecule has 2 fully saturated rings. The molecule has 2 atom stereocenters. The Morgan fingerprint density at radius 2 is 1.73 bits per heavy atom. The van der Waals surface area contributed by atoms with Gasteiger partial charge >= 0.3 is 12.0 Å². The third-order valence-electron chi connectivity index (χ3n) is 5.95. The normalized spacial score (nSPS) is 23.5. The molecule has 0 bridgehead atoms. The third-order valence-corrected chi connectivity index (χ3v) is 5.95. The smallest absolute Gasteiger partial charge is 0.326 e. The van der Waals surface area contributed by atoms with E-state index in [0.717, 1.165) is 43.4 Å². The molecule has 0 spiro atoms.